The second-order valence-electron chi connectivity index (χ2n) is 4.48. The monoisotopic (exact) mass is 215 g/mol. The number of aromatic nitrogens is 1. The fourth-order valence-electron chi connectivity index (χ4n) is 2.36. The van der Waals surface area contributed by atoms with Crippen LogP contribution in [0.25, 0.3) is 0 Å². The summed E-state index contributed by atoms with van der Waals surface area (Å²) >= 11 is 0. The van der Waals surface area contributed by atoms with Crippen LogP contribution in [-0.4, -0.2) is 18.1 Å². The minimum atomic E-state index is 0.557. The summed E-state index contributed by atoms with van der Waals surface area (Å²) in [5.41, 5.74) is 1.65. The molecule has 1 aromatic heterocycles. The second-order valence-corrected chi connectivity index (χ2v) is 4.48. The van der Waals surface area contributed by atoms with Crippen molar-refractivity contribution in [1.82, 2.24) is 4.98 Å². The largest absolute Gasteiger partial charge is 0.356 e. The van der Waals surface area contributed by atoms with Gasteiger partial charge in [-0.15, -0.1) is 0 Å². The number of hydrogen-bond donors (Lipinski definition) is 0. The van der Waals surface area contributed by atoms with Crippen LogP contribution in [-0.2, 0) is 0 Å². The number of hydrogen-bond acceptors (Lipinski definition) is 3. The number of aryl methyl sites for hydroxylation is 1. The van der Waals surface area contributed by atoms with Gasteiger partial charge in [0.05, 0.1) is 5.56 Å². The third-order valence-electron chi connectivity index (χ3n) is 3.34. The molecule has 3 nitrogen and oxygen atoms in total. The van der Waals surface area contributed by atoms with Gasteiger partial charge in [-0.25, -0.2) is 4.98 Å². The van der Waals surface area contributed by atoms with Crippen LogP contribution in [0, 0.1) is 18.3 Å². The van der Waals surface area contributed by atoms with E-state index in [1.165, 1.54) is 25.7 Å². The van der Waals surface area contributed by atoms with E-state index in [0.29, 0.717) is 11.6 Å². The first-order valence-corrected chi connectivity index (χ1v) is 5.83. The molecule has 2 rings (SSSR count). The Balaban J connectivity index is 2.31. The van der Waals surface area contributed by atoms with Crippen LogP contribution in [0.3, 0.4) is 0 Å². The van der Waals surface area contributed by atoms with E-state index in [0.717, 1.165) is 11.5 Å². The molecule has 0 atom stereocenters. The first-order valence-electron chi connectivity index (χ1n) is 5.83. The zero-order chi connectivity index (χ0) is 11.5. The Morgan fingerprint density at radius 1 is 1.38 bits per heavy atom. The quantitative estimate of drug-likeness (QED) is 0.761. The van der Waals surface area contributed by atoms with Crippen molar-refractivity contribution in [3.8, 4) is 6.07 Å². The van der Waals surface area contributed by atoms with Crippen LogP contribution in [0.4, 0.5) is 5.82 Å². The number of nitriles is 1. The van der Waals surface area contributed by atoms with E-state index in [1.54, 1.807) is 0 Å². The highest BCUT2D eigenvalue weighted by Crippen LogP contribution is 2.27. The van der Waals surface area contributed by atoms with Crippen molar-refractivity contribution in [3.63, 3.8) is 0 Å². The number of rotatable bonds is 2. The molecule has 0 saturated heterocycles. The van der Waals surface area contributed by atoms with Crippen molar-refractivity contribution >= 4 is 5.82 Å². The Bertz CT molecular complexity index is 414. The molecule has 1 aliphatic carbocycles. The van der Waals surface area contributed by atoms with Crippen LogP contribution < -0.4 is 4.90 Å². The molecule has 84 valence electrons. The first-order chi connectivity index (χ1) is 7.72. The lowest BCUT2D eigenvalue weighted by Gasteiger charge is -2.26. The molecule has 0 N–H and O–H groups in total. The first kappa shape index (κ1) is 10.9. The molecule has 1 saturated carbocycles. The van der Waals surface area contributed by atoms with Crippen LogP contribution in [0.15, 0.2) is 12.1 Å². The third-order valence-corrected chi connectivity index (χ3v) is 3.34. The molecule has 3 heteroatoms. The average Bonchev–Trinajstić information content (AvgIpc) is 2.81. The van der Waals surface area contributed by atoms with Crippen LogP contribution >= 0.6 is 0 Å². The van der Waals surface area contributed by atoms with Crippen molar-refractivity contribution in [2.45, 2.75) is 38.6 Å². The molecule has 0 aliphatic heterocycles. The normalized spacial score (nSPS) is 16.1. The van der Waals surface area contributed by atoms with Crippen LogP contribution in [0.5, 0.6) is 0 Å². The van der Waals surface area contributed by atoms with E-state index in [9.17, 15) is 0 Å². The Morgan fingerprint density at radius 2 is 2.06 bits per heavy atom. The van der Waals surface area contributed by atoms with E-state index >= 15 is 0 Å². The van der Waals surface area contributed by atoms with Gasteiger partial charge in [0.25, 0.3) is 0 Å². The molecule has 0 unspecified atom stereocenters. The van der Waals surface area contributed by atoms with Crippen molar-refractivity contribution < 1.29 is 0 Å². The number of anilines is 1. The van der Waals surface area contributed by atoms with E-state index in [-0.39, 0.29) is 0 Å². The summed E-state index contributed by atoms with van der Waals surface area (Å²) in [7, 11) is 2.05. The second kappa shape index (κ2) is 4.52. The van der Waals surface area contributed by atoms with Crippen LogP contribution in [0.2, 0.25) is 0 Å². The van der Waals surface area contributed by atoms with Crippen molar-refractivity contribution in [3.05, 3.63) is 23.4 Å². The lowest BCUT2D eigenvalue weighted by atomic mass is 10.2. The van der Waals surface area contributed by atoms with E-state index in [4.69, 9.17) is 5.26 Å². The van der Waals surface area contributed by atoms with Gasteiger partial charge in [-0.05, 0) is 31.9 Å². The molecule has 1 aromatic rings. The minimum absolute atomic E-state index is 0.557. The lowest BCUT2D eigenvalue weighted by molar-refractivity contribution is 0.645. The molecule has 0 amide bonds. The highest BCUT2D eigenvalue weighted by molar-refractivity contribution is 5.54. The molecular weight excluding hydrogens is 198 g/mol. The van der Waals surface area contributed by atoms with E-state index in [1.807, 2.05) is 19.1 Å². The predicted molar refractivity (Wildman–Crippen MR) is 64.3 cm³/mol. The summed E-state index contributed by atoms with van der Waals surface area (Å²) in [5, 5.41) is 9.08. The van der Waals surface area contributed by atoms with Crippen molar-refractivity contribution in [2.75, 3.05) is 11.9 Å². The Morgan fingerprint density at radius 3 is 2.69 bits per heavy atom. The number of nitrogens with zero attached hydrogens (tertiary/aromatic N) is 3. The molecule has 16 heavy (non-hydrogen) atoms. The molecular formula is C13H17N3. The Hall–Kier alpha value is -1.56. The zero-order valence-electron chi connectivity index (χ0n) is 9.90. The summed E-state index contributed by atoms with van der Waals surface area (Å²) in [5.74, 6) is 0.842. The van der Waals surface area contributed by atoms with Gasteiger partial charge in [-0.2, -0.15) is 5.26 Å². The number of pyridine rings is 1. The summed E-state index contributed by atoms with van der Waals surface area (Å²) < 4.78 is 0. The van der Waals surface area contributed by atoms with Gasteiger partial charge >= 0.3 is 0 Å². The fraction of sp³-hybridized carbons (Fsp3) is 0.538. The Kier molecular flexibility index (Phi) is 3.09. The van der Waals surface area contributed by atoms with E-state index < -0.39 is 0 Å². The summed E-state index contributed by atoms with van der Waals surface area (Å²) in [6.45, 7) is 1.97. The SMILES string of the molecule is Cc1ccc(C#N)c(N(C)C2CCCC2)n1. The summed E-state index contributed by atoms with van der Waals surface area (Å²) in [6, 6.07) is 6.54. The van der Waals surface area contributed by atoms with Gasteiger partial charge in [-0.1, -0.05) is 12.8 Å². The molecule has 1 aliphatic rings. The summed E-state index contributed by atoms with van der Waals surface area (Å²) in [6.07, 6.45) is 5.03. The van der Waals surface area contributed by atoms with Gasteiger partial charge in [0.1, 0.15) is 11.9 Å². The molecule has 1 heterocycles. The maximum atomic E-state index is 9.08. The molecule has 0 bridgehead atoms. The Labute approximate surface area is 96.7 Å². The highest BCUT2D eigenvalue weighted by Gasteiger charge is 2.22. The third kappa shape index (κ3) is 2.01. The molecule has 0 radical (unpaired) electrons. The van der Waals surface area contributed by atoms with E-state index in [2.05, 4.69) is 23.0 Å². The summed E-state index contributed by atoms with van der Waals surface area (Å²) in [4.78, 5) is 6.67. The maximum Gasteiger partial charge on any atom is 0.146 e. The average molecular weight is 215 g/mol. The standard InChI is InChI=1S/C13H17N3/c1-10-7-8-11(9-14)13(15-10)16(2)12-5-3-4-6-12/h7-8,12H,3-6H2,1-2H3. The topological polar surface area (TPSA) is 39.9 Å². The van der Waals surface area contributed by atoms with Crippen molar-refractivity contribution in [2.24, 2.45) is 0 Å². The predicted octanol–water partition coefficient (Wildman–Crippen LogP) is 2.64. The molecule has 0 aromatic carbocycles. The lowest BCUT2D eigenvalue weighted by Crippen LogP contribution is -2.30. The molecule has 1 fully saturated rings. The van der Waals surface area contributed by atoms with Crippen LogP contribution in [0.1, 0.15) is 36.9 Å². The molecule has 0 spiro atoms. The zero-order valence-corrected chi connectivity index (χ0v) is 9.90. The van der Waals surface area contributed by atoms with Gasteiger partial charge in [-0.3, -0.25) is 0 Å². The highest BCUT2D eigenvalue weighted by atomic mass is 15.2. The van der Waals surface area contributed by atoms with Gasteiger partial charge in [0.15, 0.2) is 0 Å². The minimum Gasteiger partial charge on any atom is -0.356 e. The fourth-order valence-corrected chi connectivity index (χ4v) is 2.36. The van der Waals surface area contributed by atoms with Gasteiger partial charge in [0, 0.05) is 18.8 Å². The van der Waals surface area contributed by atoms with Gasteiger partial charge in [0.2, 0.25) is 0 Å². The van der Waals surface area contributed by atoms with Gasteiger partial charge < -0.3 is 4.90 Å². The smallest absolute Gasteiger partial charge is 0.146 e. The van der Waals surface area contributed by atoms with Crippen molar-refractivity contribution in [1.29, 1.82) is 5.26 Å². The maximum absolute atomic E-state index is 9.08.